The maximum Gasteiger partial charge on any atom is 0.157 e. The van der Waals surface area contributed by atoms with Crippen LogP contribution >= 0.6 is 11.8 Å². The molecule has 0 rings (SSSR count). The minimum atomic E-state index is -0.0208. The number of thioether (sulfide) groups is 1. The van der Waals surface area contributed by atoms with Gasteiger partial charge in [-0.05, 0) is 18.7 Å². The van der Waals surface area contributed by atoms with Crippen LogP contribution in [0.1, 0.15) is 6.92 Å². The summed E-state index contributed by atoms with van der Waals surface area (Å²) in [6.45, 7) is 1.59. The maximum absolute atomic E-state index is 6.77. The molecule has 0 unspecified atom stereocenters. The van der Waals surface area contributed by atoms with Crippen LogP contribution in [0.15, 0.2) is 0 Å². The van der Waals surface area contributed by atoms with Crippen molar-refractivity contribution in [2.45, 2.75) is 6.92 Å². The van der Waals surface area contributed by atoms with Crippen LogP contribution in [0.3, 0.4) is 0 Å². The van der Waals surface area contributed by atoms with Crippen molar-refractivity contribution in [3.8, 4) is 0 Å². The number of hydrogen-bond acceptors (Lipinski definition) is 3. The van der Waals surface area contributed by atoms with Crippen molar-refractivity contribution in [3.05, 3.63) is 0 Å². The Kier molecular flexibility index (Phi) is 2.44. The molecule has 3 nitrogen and oxygen atoms in total. The standard InChI is InChI=1S/C3H7N3S/c1-2(4)7-3(5)6/h4H,1H3,(H3,5,6). The molecule has 0 amide bonds. The van der Waals surface area contributed by atoms with Gasteiger partial charge in [-0.15, -0.1) is 0 Å². The Hall–Kier alpha value is -0.510. The summed E-state index contributed by atoms with van der Waals surface area (Å²) in [5.41, 5.74) is 4.90. The normalized spacial score (nSPS) is 8.14. The number of amidine groups is 1. The molecule has 0 aromatic heterocycles. The van der Waals surface area contributed by atoms with Gasteiger partial charge in [-0.3, -0.25) is 10.8 Å². The van der Waals surface area contributed by atoms with Crippen LogP contribution in [0.2, 0.25) is 0 Å². The molecule has 0 saturated carbocycles. The maximum atomic E-state index is 6.77. The number of nitrogens with one attached hydrogen (secondary N) is 2. The van der Waals surface area contributed by atoms with Crippen LogP contribution in [-0.2, 0) is 0 Å². The van der Waals surface area contributed by atoms with E-state index in [-0.39, 0.29) is 5.17 Å². The van der Waals surface area contributed by atoms with E-state index in [0.29, 0.717) is 5.04 Å². The highest BCUT2D eigenvalue weighted by molar-refractivity contribution is 8.26. The molecule has 0 fully saturated rings. The summed E-state index contributed by atoms with van der Waals surface area (Å²) >= 11 is 0.954. The van der Waals surface area contributed by atoms with Crippen molar-refractivity contribution < 1.29 is 0 Å². The van der Waals surface area contributed by atoms with Crippen molar-refractivity contribution >= 4 is 22.0 Å². The van der Waals surface area contributed by atoms with E-state index in [1.807, 2.05) is 0 Å². The van der Waals surface area contributed by atoms with Gasteiger partial charge < -0.3 is 5.73 Å². The second-order valence-corrected chi connectivity index (χ2v) is 2.28. The molecule has 4 N–H and O–H groups in total. The monoisotopic (exact) mass is 117 g/mol. The fraction of sp³-hybridized carbons (Fsp3) is 0.333. The molecule has 0 atom stereocenters. The lowest BCUT2D eigenvalue weighted by Crippen LogP contribution is -2.05. The Morgan fingerprint density at radius 3 is 2.00 bits per heavy atom. The first-order valence-corrected chi connectivity index (χ1v) is 2.51. The van der Waals surface area contributed by atoms with Crippen LogP contribution in [0.25, 0.3) is 0 Å². The van der Waals surface area contributed by atoms with E-state index in [4.69, 9.17) is 16.6 Å². The third-order valence-electron chi connectivity index (χ3n) is 0.263. The number of hydrogen-bond donors (Lipinski definition) is 3. The minimum absolute atomic E-state index is 0.0208. The van der Waals surface area contributed by atoms with Gasteiger partial charge in [0.2, 0.25) is 0 Å². The van der Waals surface area contributed by atoms with Gasteiger partial charge >= 0.3 is 0 Å². The predicted molar refractivity (Wildman–Crippen MR) is 32.9 cm³/mol. The molecular formula is C3H7N3S. The van der Waals surface area contributed by atoms with Crippen molar-refractivity contribution in [2.75, 3.05) is 0 Å². The molecule has 0 heterocycles. The summed E-state index contributed by atoms with van der Waals surface area (Å²) in [5.74, 6) is 0. The van der Waals surface area contributed by atoms with Gasteiger partial charge in [-0.25, -0.2) is 0 Å². The Bertz CT molecular complexity index is 86.4. The first kappa shape index (κ1) is 6.49. The molecule has 0 saturated heterocycles. The van der Waals surface area contributed by atoms with E-state index < -0.39 is 0 Å². The summed E-state index contributed by atoms with van der Waals surface area (Å²) in [6, 6.07) is 0. The largest absolute Gasteiger partial charge is 0.378 e. The average molecular weight is 117 g/mol. The van der Waals surface area contributed by atoms with E-state index in [9.17, 15) is 0 Å². The number of rotatable bonds is 0. The van der Waals surface area contributed by atoms with Crippen LogP contribution in [-0.4, -0.2) is 10.2 Å². The zero-order chi connectivity index (χ0) is 5.86. The highest BCUT2D eigenvalue weighted by Crippen LogP contribution is 1.96. The molecular weight excluding hydrogens is 110 g/mol. The molecule has 0 aromatic rings. The van der Waals surface area contributed by atoms with E-state index in [2.05, 4.69) is 0 Å². The van der Waals surface area contributed by atoms with E-state index in [1.54, 1.807) is 6.92 Å². The minimum Gasteiger partial charge on any atom is -0.378 e. The van der Waals surface area contributed by atoms with Gasteiger partial charge in [0.05, 0.1) is 5.04 Å². The Balaban J connectivity index is 3.32. The van der Waals surface area contributed by atoms with Crippen LogP contribution in [0.5, 0.6) is 0 Å². The highest BCUT2D eigenvalue weighted by atomic mass is 32.2. The Morgan fingerprint density at radius 1 is 1.57 bits per heavy atom. The van der Waals surface area contributed by atoms with Gasteiger partial charge in [-0.1, -0.05) is 0 Å². The summed E-state index contributed by atoms with van der Waals surface area (Å²) in [6.07, 6.45) is 0. The fourth-order valence-corrected chi connectivity index (χ4v) is 0.495. The Labute approximate surface area is 46.3 Å². The van der Waals surface area contributed by atoms with Crippen molar-refractivity contribution in [2.24, 2.45) is 5.73 Å². The summed E-state index contributed by atoms with van der Waals surface area (Å²) < 4.78 is 0. The van der Waals surface area contributed by atoms with Crippen molar-refractivity contribution in [3.63, 3.8) is 0 Å². The van der Waals surface area contributed by atoms with Gasteiger partial charge in [0.1, 0.15) is 0 Å². The molecule has 7 heavy (non-hydrogen) atoms. The smallest absolute Gasteiger partial charge is 0.157 e. The lowest BCUT2D eigenvalue weighted by atomic mass is 10.9. The summed E-state index contributed by atoms with van der Waals surface area (Å²) in [4.78, 5) is 0. The highest BCUT2D eigenvalue weighted by Gasteiger charge is 1.88. The van der Waals surface area contributed by atoms with E-state index in [0.717, 1.165) is 11.8 Å². The second-order valence-electron chi connectivity index (χ2n) is 1.02. The molecule has 4 heteroatoms. The zero-order valence-corrected chi connectivity index (χ0v) is 4.80. The SMILES string of the molecule is CC(=N)SC(=N)N. The van der Waals surface area contributed by atoms with Gasteiger partial charge in [0.25, 0.3) is 0 Å². The molecule has 0 aliphatic carbocycles. The van der Waals surface area contributed by atoms with Crippen molar-refractivity contribution in [1.82, 2.24) is 0 Å². The topological polar surface area (TPSA) is 73.7 Å². The van der Waals surface area contributed by atoms with E-state index >= 15 is 0 Å². The second kappa shape index (κ2) is 2.63. The molecule has 0 aromatic carbocycles. The molecule has 0 aliphatic rings. The summed E-state index contributed by atoms with van der Waals surface area (Å²) in [7, 11) is 0. The first-order valence-electron chi connectivity index (χ1n) is 1.70. The molecule has 0 bridgehead atoms. The average Bonchev–Trinajstić information content (AvgIpc) is 1.27. The van der Waals surface area contributed by atoms with Gasteiger partial charge in [-0.2, -0.15) is 0 Å². The molecule has 0 spiro atoms. The summed E-state index contributed by atoms with van der Waals surface area (Å²) in [5, 5.41) is 13.7. The lowest BCUT2D eigenvalue weighted by Gasteiger charge is -1.88. The van der Waals surface area contributed by atoms with Gasteiger partial charge in [0, 0.05) is 0 Å². The van der Waals surface area contributed by atoms with Crippen LogP contribution < -0.4 is 5.73 Å². The quantitative estimate of drug-likeness (QED) is 0.321. The first-order chi connectivity index (χ1) is 3.13. The van der Waals surface area contributed by atoms with E-state index in [1.165, 1.54) is 0 Å². The van der Waals surface area contributed by atoms with Crippen molar-refractivity contribution in [1.29, 1.82) is 10.8 Å². The number of nitrogens with two attached hydrogens (primary N) is 1. The lowest BCUT2D eigenvalue weighted by molar-refractivity contribution is 1.50. The predicted octanol–water partition coefficient (Wildman–Crippen LogP) is 0.610. The molecule has 0 radical (unpaired) electrons. The van der Waals surface area contributed by atoms with Crippen LogP contribution in [0, 0.1) is 10.8 Å². The Morgan fingerprint density at radius 2 is 2.00 bits per heavy atom. The third-order valence-corrected chi connectivity index (χ3v) is 0.789. The fourth-order valence-electron chi connectivity index (χ4n) is 0.165. The van der Waals surface area contributed by atoms with Crippen LogP contribution in [0.4, 0.5) is 0 Å². The van der Waals surface area contributed by atoms with Gasteiger partial charge in [0.15, 0.2) is 5.17 Å². The molecule has 0 aliphatic heterocycles. The molecule has 40 valence electrons. The zero-order valence-electron chi connectivity index (χ0n) is 3.99. The third kappa shape index (κ3) is 5.49.